The maximum Gasteiger partial charge on any atom is 0.131 e. The lowest BCUT2D eigenvalue weighted by Crippen LogP contribution is -2.05. The summed E-state index contributed by atoms with van der Waals surface area (Å²) in [7, 11) is 0. The van der Waals surface area contributed by atoms with E-state index in [0.717, 1.165) is 189 Å². The number of hydrogen-bond donors (Lipinski definition) is 2. The fourth-order valence-electron chi connectivity index (χ4n) is 15.3. The lowest BCUT2D eigenvalue weighted by molar-refractivity contribution is 0.288. The van der Waals surface area contributed by atoms with E-state index >= 15 is 0 Å². The summed E-state index contributed by atoms with van der Waals surface area (Å²) >= 11 is 0. The first-order chi connectivity index (χ1) is 48.6. The molecule has 4 aromatic carbocycles. The Kier molecular flexibility index (Phi) is 29.4. The number of ether oxygens (including phenoxy) is 4. The van der Waals surface area contributed by atoms with Gasteiger partial charge in [0.1, 0.15) is 23.0 Å². The molecule has 7 heterocycles. The summed E-state index contributed by atoms with van der Waals surface area (Å²) < 4.78 is 29.3. The first-order valence-corrected chi connectivity index (χ1v) is 39.8. The Morgan fingerprint density at radius 1 is 0.276 bits per heavy atom. The van der Waals surface area contributed by atoms with Crippen molar-refractivity contribution in [3.63, 3.8) is 0 Å². The largest absolute Gasteiger partial charge is 0.493 e. The molecule has 98 heavy (non-hydrogen) atoms. The molecule has 12 bridgehead atoms. The molecule has 0 fully saturated rings. The highest BCUT2D eigenvalue weighted by molar-refractivity contribution is 6.02. The van der Waals surface area contributed by atoms with E-state index in [1.165, 1.54) is 191 Å². The molecule has 11 rings (SSSR count). The van der Waals surface area contributed by atoms with Gasteiger partial charge in [-0.3, -0.25) is 0 Å². The molecule has 4 aliphatic rings. The molecule has 0 spiro atoms. The van der Waals surface area contributed by atoms with E-state index < -0.39 is 0 Å². The zero-order valence-electron chi connectivity index (χ0n) is 60.3. The second-order valence-corrected chi connectivity index (χ2v) is 28.8. The van der Waals surface area contributed by atoms with Gasteiger partial charge in [-0.1, -0.05) is 280 Å². The topological polar surface area (TPSA) is 94.3 Å². The van der Waals surface area contributed by atoms with E-state index in [4.69, 9.17) is 28.9 Å². The Morgan fingerprint density at radius 3 is 0.827 bits per heavy atom. The molecule has 0 saturated heterocycles. The quantitative estimate of drug-likeness (QED) is 0.0525. The Bertz CT molecular complexity index is 3460. The number of hydrogen-bond acceptors (Lipinski definition) is 6. The maximum absolute atomic E-state index is 7.32. The highest BCUT2D eigenvalue weighted by Gasteiger charge is 2.27. The second kappa shape index (κ2) is 40.1. The molecule has 0 saturated carbocycles. The number of nitrogens with one attached hydrogen (secondary N) is 2. The van der Waals surface area contributed by atoms with Crippen molar-refractivity contribution in [2.45, 2.75) is 271 Å². The van der Waals surface area contributed by atoms with E-state index in [-0.39, 0.29) is 0 Å². The van der Waals surface area contributed by atoms with Crippen LogP contribution in [0.15, 0.2) is 109 Å². The first-order valence-electron chi connectivity index (χ1n) is 39.8. The van der Waals surface area contributed by atoms with Gasteiger partial charge < -0.3 is 28.9 Å². The van der Waals surface area contributed by atoms with Crippen molar-refractivity contribution in [2.75, 3.05) is 26.4 Å². The van der Waals surface area contributed by atoms with Gasteiger partial charge in [0, 0.05) is 44.3 Å². The smallest absolute Gasteiger partial charge is 0.131 e. The van der Waals surface area contributed by atoms with E-state index in [9.17, 15) is 0 Å². The summed E-state index contributed by atoms with van der Waals surface area (Å²) in [5.74, 6) is 3.50. The summed E-state index contributed by atoms with van der Waals surface area (Å²) in [5.41, 5.74) is 17.8. The van der Waals surface area contributed by atoms with Gasteiger partial charge in [0.05, 0.1) is 60.3 Å². The van der Waals surface area contributed by atoms with Gasteiger partial charge in [0.15, 0.2) is 0 Å². The number of aromatic amines is 2. The van der Waals surface area contributed by atoms with E-state index in [0.29, 0.717) is 26.4 Å². The van der Waals surface area contributed by atoms with E-state index in [1.54, 1.807) is 0 Å². The number of unbranched alkanes of at least 4 members (excludes halogenated alkanes) is 20. The third-order valence-electron chi connectivity index (χ3n) is 20.9. The van der Waals surface area contributed by atoms with Crippen LogP contribution in [0.25, 0.3) is 90.9 Å². The summed E-state index contributed by atoms with van der Waals surface area (Å²) in [6.45, 7) is 7.12. The standard InChI is InChI=1S/C90H118N4O4/c1-3-5-7-9-11-13-15-17-23-29-37-47-69-65-81-89-82(66-69)96-62-44-32-26-20-22-28-34-46-64-98-84-68-70(48-38-30-24-18-16-14-12-10-8-6-4-2)67-83(97-63-45-33-27-21-19-25-31-43-61-95-81)90(84)88-79-59-55-75(93-79)85(71-49-39-35-40-50-71)73-53-57-77(91-73)87(89)78-58-54-74(92-78)86(72-51-41-36-42-52-72)76-56-60-80(88)94-76/h35-36,39-42,49-60,65-68,91,94H,3-34,37-38,43-48,61-64H2,1-2H3. The maximum atomic E-state index is 7.32. The number of fused-ring (bicyclic) bond motifs is 4. The zero-order valence-corrected chi connectivity index (χ0v) is 60.3. The predicted molar refractivity (Wildman–Crippen MR) is 417 cm³/mol. The van der Waals surface area contributed by atoms with Crippen LogP contribution in [0.3, 0.4) is 0 Å². The fourth-order valence-corrected chi connectivity index (χ4v) is 15.3. The van der Waals surface area contributed by atoms with Crippen LogP contribution < -0.4 is 18.9 Å². The van der Waals surface area contributed by atoms with Gasteiger partial charge in [0.25, 0.3) is 0 Å². The number of nitrogens with zero attached hydrogens (tertiary/aromatic N) is 2. The third kappa shape index (κ3) is 20.9. The molecule has 0 radical (unpaired) electrons. The number of aromatic nitrogens is 4. The molecule has 4 aliphatic heterocycles. The minimum atomic E-state index is 0.626. The third-order valence-corrected chi connectivity index (χ3v) is 20.9. The Morgan fingerprint density at radius 2 is 0.531 bits per heavy atom. The number of rotatable bonds is 26. The van der Waals surface area contributed by atoms with Gasteiger partial charge in [0.2, 0.25) is 0 Å². The molecule has 0 unspecified atom stereocenters. The van der Waals surface area contributed by atoms with Crippen LogP contribution in [0.2, 0.25) is 0 Å². The van der Waals surface area contributed by atoms with Crippen molar-refractivity contribution >= 4 is 46.4 Å². The van der Waals surface area contributed by atoms with Gasteiger partial charge in [-0.15, -0.1) is 0 Å². The van der Waals surface area contributed by atoms with Crippen molar-refractivity contribution in [2.24, 2.45) is 0 Å². The highest BCUT2D eigenvalue weighted by Crippen LogP contribution is 2.48. The van der Waals surface area contributed by atoms with Gasteiger partial charge in [-0.2, -0.15) is 0 Å². The predicted octanol–water partition coefficient (Wildman–Crippen LogP) is 26.8. The molecule has 0 amide bonds. The molecule has 8 heteroatoms. The second-order valence-electron chi connectivity index (χ2n) is 28.8. The highest BCUT2D eigenvalue weighted by atomic mass is 16.5. The summed E-state index contributed by atoms with van der Waals surface area (Å²) in [6, 6.07) is 40.1. The fraction of sp³-hybridized carbons (Fsp3) is 0.511. The first kappa shape index (κ1) is 71.9. The molecule has 0 atom stereocenters. The van der Waals surface area contributed by atoms with Gasteiger partial charge >= 0.3 is 0 Å². The summed E-state index contributed by atoms with van der Waals surface area (Å²) in [5, 5.41) is 0. The molecule has 3 aromatic heterocycles. The Hall–Kier alpha value is -7.32. The minimum absolute atomic E-state index is 0.626. The minimum Gasteiger partial charge on any atom is -0.493 e. The van der Waals surface area contributed by atoms with Crippen molar-refractivity contribution in [3.05, 3.63) is 143 Å². The van der Waals surface area contributed by atoms with Crippen LogP contribution in [-0.4, -0.2) is 46.4 Å². The lowest BCUT2D eigenvalue weighted by atomic mass is 9.96. The van der Waals surface area contributed by atoms with Crippen LogP contribution >= 0.6 is 0 Å². The molecule has 522 valence electrons. The molecular weight excluding hydrogens is 1200 g/mol. The molecule has 2 N–H and O–H groups in total. The van der Waals surface area contributed by atoms with Crippen LogP contribution in [0.5, 0.6) is 23.0 Å². The lowest BCUT2D eigenvalue weighted by Gasteiger charge is -2.20. The zero-order chi connectivity index (χ0) is 67.0. The molecule has 8 nitrogen and oxygen atoms in total. The van der Waals surface area contributed by atoms with Crippen LogP contribution in [0.1, 0.15) is 292 Å². The Balaban J connectivity index is 1.12. The van der Waals surface area contributed by atoms with Gasteiger partial charge in [-0.25, -0.2) is 9.97 Å². The summed E-state index contributed by atoms with van der Waals surface area (Å²) in [4.78, 5) is 19.9. The van der Waals surface area contributed by atoms with Crippen molar-refractivity contribution in [1.29, 1.82) is 0 Å². The van der Waals surface area contributed by atoms with Crippen LogP contribution in [0.4, 0.5) is 0 Å². The van der Waals surface area contributed by atoms with Crippen molar-refractivity contribution in [1.82, 2.24) is 19.9 Å². The van der Waals surface area contributed by atoms with E-state index in [2.05, 4.69) is 157 Å². The molecule has 7 aromatic rings. The summed E-state index contributed by atoms with van der Waals surface area (Å²) in [6.07, 6.45) is 58.0. The SMILES string of the molecule is CCCCCCCCCCCCCc1cc2c3c(c1)OCCCCCCCCCCOc1cc(CCCCCCCCCCCCC)cc(c1-c1c4nc(c(-c5ccccc5)c5ccc([nH]5)c-3c3nc(c(-c5ccccc5)c5ccc1[nH]5)C=C3)C=C4)OCCCCCCCCCCO2. The number of benzene rings is 4. The van der Waals surface area contributed by atoms with Crippen molar-refractivity contribution < 1.29 is 18.9 Å². The monoisotopic (exact) mass is 1320 g/mol. The van der Waals surface area contributed by atoms with Crippen LogP contribution in [0, 0.1) is 0 Å². The average Bonchev–Trinajstić information content (AvgIpc) is 1.58. The van der Waals surface area contributed by atoms with Crippen molar-refractivity contribution in [3.8, 4) is 67.5 Å². The normalized spacial score (nSPS) is 15.0. The Labute approximate surface area is 589 Å². The van der Waals surface area contributed by atoms with Gasteiger partial charge in [-0.05, 0) is 146 Å². The number of H-pyrrole nitrogens is 2. The van der Waals surface area contributed by atoms with E-state index in [1.807, 2.05) is 0 Å². The average molecular weight is 1320 g/mol. The molecular formula is C90H118N4O4. The number of aryl methyl sites for hydroxylation is 2. The van der Waals surface area contributed by atoms with Crippen LogP contribution in [-0.2, 0) is 12.8 Å². The molecule has 0 aliphatic carbocycles.